The summed E-state index contributed by atoms with van der Waals surface area (Å²) in [6, 6.07) is 1.08. The van der Waals surface area contributed by atoms with Gasteiger partial charge in [0.2, 0.25) is 0 Å². The van der Waals surface area contributed by atoms with Gasteiger partial charge in [0, 0.05) is 24.7 Å². The van der Waals surface area contributed by atoms with Gasteiger partial charge in [0.05, 0.1) is 0 Å². The van der Waals surface area contributed by atoms with Crippen molar-refractivity contribution in [1.82, 2.24) is 10.6 Å². The lowest BCUT2D eigenvalue weighted by molar-refractivity contribution is 0.0393. The molecule has 0 spiro atoms. The Balaban J connectivity index is 2.97. The number of nitrogens with two attached hydrogens (primary N) is 1. The zero-order valence-corrected chi connectivity index (χ0v) is 17.2. The molecule has 1 fully saturated rings. The molecule has 4 N–H and O–H groups in total. The smallest absolute Gasteiger partial charge is 0.191 e. The number of guanidine groups is 1. The molecule has 0 bridgehead atoms. The summed E-state index contributed by atoms with van der Waals surface area (Å²) in [6.45, 7) is 16.5. The molecule has 2 unspecified atom stereocenters. The van der Waals surface area contributed by atoms with E-state index in [0.29, 0.717) is 23.5 Å². The van der Waals surface area contributed by atoms with Gasteiger partial charge in [-0.25, -0.2) is 0 Å². The molecule has 1 saturated carbocycles. The SMILES string of the molecule is CCC1(CC)CC(N)CC(CC)(CN=C(NC(C)C)NC(C)C)C1. The van der Waals surface area contributed by atoms with Gasteiger partial charge < -0.3 is 16.4 Å². The molecule has 1 aliphatic carbocycles. The van der Waals surface area contributed by atoms with Crippen LogP contribution in [0.3, 0.4) is 0 Å². The number of hydrogen-bond donors (Lipinski definition) is 3. The Bertz CT molecular complexity index is 386. The van der Waals surface area contributed by atoms with Crippen molar-refractivity contribution in [2.75, 3.05) is 6.54 Å². The van der Waals surface area contributed by atoms with E-state index in [0.717, 1.165) is 25.3 Å². The first-order valence-electron chi connectivity index (χ1n) is 10.0. The van der Waals surface area contributed by atoms with Crippen LogP contribution in [0.25, 0.3) is 0 Å². The molecule has 0 saturated heterocycles. The van der Waals surface area contributed by atoms with Crippen molar-refractivity contribution in [3.8, 4) is 0 Å². The highest BCUT2D eigenvalue weighted by atomic mass is 15.2. The Morgan fingerprint density at radius 1 is 0.958 bits per heavy atom. The first kappa shape index (κ1) is 21.3. The summed E-state index contributed by atoms with van der Waals surface area (Å²) in [4.78, 5) is 4.98. The predicted molar refractivity (Wildman–Crippen MR) is 106 cm³/mol. The lowest BCUT2D eigenvalue weighted by Crippen LogP contribution is -2.48. The minimum Gasteiger partial charge on any atom is -0.354 e. The average Bonchev–Trinajstić information content (AvgIpc) is 2.51. The van der Waals surface area contributed by atoms with Crippen molar-refractivity contribution in [3.63, 3.8) is 0 Å². The van der Waals surface area contributed by atoms with Crippen LogP contribution >= 0.6 is 0 Å². The highest BCUT2D eigenvalue weighted by Crippen LogP contribution is 2.51. The van der Waals surface area contributed by atoms with E-state index in [1.165, 1.54) is 25.7 Å². The number of nitrogens with one attached hydrogen (secondary N) is 2. The van der Waals surface area contributed by atoms with Crippen LogP contribution in [-0.4, -0.2) is 30.6 Å². The van der Waals surface area contributed by atoms with Crippen molar-refractivity contribution in [2.24, 2.45) is 21.6 Å². The van der Waals surface area contributed by atoms with E-state index in [4.69, 9.17) is 10.7 Å². The third-order valence-electron chi connectivity index (χ3n) is 5.81. The van der Waals surface area contributed by atoms with E-state index >= 15 is 0 Å². The molecule has 1 rings (SSSR count). The van der Waals surface area contributed by atoms with Crippen LogP contribution in [-0.2, 0) is 0 Å². The van der Waals surface area contributed by atoms with Crippen LogP contribution in [0.5, 0.6) is 0 Å². The molecule has 4 nitrogen and oxygen atoms in total. The standard InChI is InChI=1S/C20H42N4/c1-8-19(9-2)11-17(21)12-20(10-3,13-19)14-22-18(23-15(4)5)24-16(6)7/h15-17H,8-14,21H2,1-7H3,(H2,22,23,24). The maximum absolute atomic E-state index is 6.50. The van der Waals surface area contributed by atoms with Gasteiger partial charge in [0.1, 0.15) is 0 Å². The van der Waals surface area contributed by atoms with Gasteiger partial charge in [0.15, 0.2) is 5.96 Å². The Kier molecular flexibility index (Phi) is 8.04. The molecule has 0 amide bonds. The van der Waals surface area contributed by atoms with E-state index in [1.54, 1.807) is 0 Å². The quantitative estimate of drug-likeness (QED) is 0.485. The number of aliphatic imine (C=N–C) groups is 1. The van der Waals surface area contributed by atoms with Crippen molar-refractivity contribution < 1.29 is 0 Å². The largest absolute Gasteiger partial charge is 0.354 e. The van der Waals surface area contributed by atoms with Gasteiger partial charge in [-0.15, -0.1) is 0 Å². The van der Waals surface area contributed by atoms with E-state index < -0.39 is 0 Å². The third kappa shape index (κ3) is 5.94. The van der Waals surface area contributed by atoms with Crippen LogP contribution in [0.4, 0.5) is 0 Å². The summed E-state index contributed by atoms with van der Waals surface area (Å²) >= 11 is 0. The minimum absolute atomic E-state index is 0.242. The molecule has 0 aromatic carbocycles. The fraction of sp³-hybridized carbons (Fsp3) is 0.950. The fourth-order valence-electron chi connectivity index (χ4n) is 4.34. The fourth-order valence-corrected chi connectivity index (χ4v) is 4.34. The van der Waals surface area contributed by atoms with Gasteiger partial charge in [-0.1, -0.05) is 33.6 Å². The maximum atomic E-state index is 6.50. The van der Waals surface area contributed by atoms with Gasteiger partial charge >= 0.3 is 0 Å². The molecule has 4 heteroatoms. The normalized spacial score (nSPS) is 26.5. The van der Waals surface area contributed by atoms with Gasteiger partial charge in [-0.05, 0) is 64.2 Å². The Hall–Kier alpha value is -0.770. The number of nitrogens with zero attached hydrogens (tertiary/aromatic N) is 1. The van der Waals surface area contributed by atoms with Crippen LogP contribution in [0.2, 0.25) is 0 Å². The van der Waals surface area contributed by atoms with Crippen LogP contribution in [0.15, 0.2) is 4.99 Å². The highest BCUT2D eigenvalue weighted by Gasteiger charge is 2.44. The summed E-state index contributed by atoms with van der Waals surface area (Å²) in [5, 5.41) is 6.92. The van der Waals surface area contributed by atoms with E-state index in [9.17, 15) is 0 Å². The highest BCUT2D eigenvalue weighted by molar-refractivity contribution is 5.80. The predicted octanol–water partition coefficient (Wildman–Crippen LogP) is 4.05. The molecule has 0 heterocycles. The Morgan fingerprint density at radius 2 is 1.42 bits per heavy atom. The van der Waals surface area contributed by atoms with E-state index in [2.05, 4.69) is 59.1 Å². The topological polar surface area (TPSA) is 62.4 Å². The molecule has 1 aliphatic rings. The van der Waals surface area contributed by atoms with Crippen LogP contribution in [0.1, 0.15) is 87.0 Å². The van der Waals surface area contributed by atoms with Crippen molar-refractivity contribution >= 4 is 5.96 Å². The molecule has 0 aromatic rings. The first-order valence-corrected chi connectivity index (χ1v) is 10.0. The zero-order chi connectivity index (χ0) is 18.4. The van der Waals surface area contributed by atoms with Gasteiger partial charge in [-0.2, -0.15) is 0 Å². The number of rotatable bonds is 7. The molecule has 0 aromatic heterocycles. The first-order chi connectivity index (χ1) is 11.2. The Labute approximate surface area is 150 Å². The van der Waals surface area contributed by atoms with E-state index in [1.807, 2.05) is 0 Å². The van der Waals surface area contributed by atoms with Crippen LogP contribution in [0, 0.1) is 10.8 Å². The van der Waals surface area contributed by atoms with Crippen molar-refractivity contribution in [3.05, 3.63) is 0 Å². The maximum Gasteiger partial charge on any atom is 0.191 e. The second-order valence-corrected chi connectivity index (χ2v) is 8.67. The summed E-state index contributed by atoms with van der Waals surface area (Å²) < 4.78 is 0. The summed E-state index contributed by atoms with van der Waals surface area (Å²) in [7, 11) is 0. The summed E-state index contributed by atoms with van der Waals surface area (Å²) in [6.07, 6.45) is 7.14. The van der Waals surface area contributed by atoms with Gasteiger partial charge in [0.25, 0.3) is 0 Å². The molecule has 142 valence electrons. The second-order valence-electron chi connectivity index (χ2n) is 8.67. The lowest BCUT2D eigenvalue weighted by atomic mass is 9.57. The lowest BCUT2D eigenvalue weighted by Gasteiger charge is -2.49. The molecule has 2 atom stereocenters. The monoisotopic (exact) mass is 338 g/mol. The minimum atomic E-state index is 0.242. The molecule has 24 heavy (non-hydrogen) atoms. The summed E-state index contributed by atoms with van der Waals surface area (Å²) in [5.74, 6) is 0.936. The zero-order valence-electron chi connectivity index (χ0n) is 17.2. The molecule has 0 radical (unpaired) electrons. The summed E-state index contributed by atoms with van der Waals surface area (Å²) in [5.41, 5.74) is 7.15. The van der Waals surface area contributed by atoms with Crippen molar-refractivity contribution in [1.29, 1.82) is 0 Å². The third-order valence-corrected chi connectivity index (χ3v) is 5.81. The average molecular weight is 339 g/mol. The second kappa shape index (κ2) is 9.07. The van der Waals surface area contributed by atoms with Crippen LogP contribution < -0.4 is 16.4 Å². The van der Waals surface area contributed by atoms with E-state index in [-0.39, 0.29) is 5.41 Å². The molecule has 0 aliphatic heterocycles. The van der Waals surface area contributed by atoms with Gasteiger partial charge in [-0.3, -0.25) is 4.99 Å². The van der Waals surface area contributed by atoms with Crippen molar-refractivity contribution in [2.45, 2.75) is 105 Å². The Morgan fingerprint density at radius 3 is 1.83 bits per heavy atom. The molecular formula is C20H42N4. The molecular weight excluding hydrogens is 296 g/mol. The number of hydrogen-bond acceptors (Lipinski definition) is 2.